The summed E-state index contributed by atoms with van der Waals surface area (Å²) in [6.07, 6.45) is 1.01. The Balaban J connectivity index is 1.69. The molecule has 0 aliphatic carbocycles. The summed E-state index contributed by atoms with van der Waals surface area (Å²) < 4.78 is 19.1. The molecule has 2 aromatic carbocycles. The van der Waals surface area contributed by atoms with E-state index in [0.29, 0.717) is 5.02 Å². The van der Waals surface area contributed by atoms with Gasteiger partial charge in [0.2, 0.25) is 11.6 Å². The molecule has 0 radical (unpaired) electrons. The minimum atomic E-state index is -0.776. The number of anilines is 3. The number of benzene rings is 2. The molecule has 0 aliphatic rings. The molecule has 3 rings (SSSR count). The van der Waals surface area contributed by atoms with E-state index in [1.54, 1.807) is 6.07 Å². The highest BCUT2D eigenvalue weighted by molar-refractivity contribution is 6.35. The van der Waals surface area contributed by atoms with Crippen LogP contribution in [0.3, 0.4) is 0 Å². The van der Waals surface area contributed by atoms with Gasteiger partial charge in [0, 0.05) is 5.02 Å². The van der Waals surface area contributed by atoms with Crippen molar-refractivity contribution < 1.29 is 18.8 Å². The van der Waals surface area contributed by atoms with Crippen molar-refractivity contribution in [1.29, 1.82) is 0 Å². The number of hydrogen-bond acceptors (Lipinski definition) is 8. The van der Waals surface area contributed by atoms with E-state index in [4.69, 9.17) is 27.9 Å². The van der Waals surface area contributed by atoms with Crippen molar-refractivity contribution in [2.45, 2.75) is 0 Å². The number of halogens is 3. The van der Waals surface area contributed by atoms with Crippen LogP contribution in [0.4, 0.5) is 27.4 Å². The largest absolute Gasteiger partial charge is 0.482 e. The van der Waals surface area contributed by atoms with Gasteiger partial charge >= 0.3 is 5.69 Å². The van der Waals surface area contributed by atoms with Gasteiger partial charge in [0.25, 0.3) is 5.91 Å². The number of nitrogens with zero attached hydrogens (tertiary/aromatic N) is 3. The zero-order valence-electron chi connectivity index (χ0n) is 15.4. The maximum atomic E-state index is 13.9. The van der Waals surface area contributed by atoms with Crippen LogP contribution in [0, 0.1) is 15.9 Å². The molecule has 10 nitrogen and oxygen atoms in total. The van der Waals surface area contributed by atoms with Crippen LogP contribution in [0.2, 0.25) is 10.0 Å². The highest BCUT2D eigenvalue weighted by atomic mass is 35.5. The van der Waals surface area contributed by atoms with Gasteiger partial charge in [-0.1, -0.05) is 35.3 Å². The minimum Gasteiger partial charge on any atom is -0.482 e. The molecular weight excluding hydrogens is 454 g/mol. The molecule has 0 bridgehead atoms. The van der Waals surface area contributed by atoms with E-state index in [1.807, 2.05) is 0 Å². The van der Waals surface area contributed by atoms with Crippen LogP contribution in [0.1, 0.15) is 0 Å². The van der Waals surface area contributed by atoms with E-state index in [0.717, 1.165) is 6.33 Å². The van der Waals surface area contributed by atoms with Gasteiger partial charge in [-0.05, 0) is 30.3 Å². The minimum absolute atomic E-state index is 0.0208. The second-order valence-electron chi connectivity index (χ2n) is 5.82. The van der Waals surface area contributed by atoms with Gasteiger partial charge in [0.1, 0.15) is 17.9 Å². The molecule has 0 saturated heterocycles. The lowest BCUT2D eigenvalue weighted by molar-refractivity contribution is -0.383. The zero-order valence-corrected chi connectivity index (χ0v) is 16.9. The SMILES string of the molecule is O=C(COc1ccc(Cl)cc1Cl)NNc1ncnc(Nc2ccccc2F)c1[N+](=O)[O-]. The fourth-order valence-electron chi connectivity index (χ4n) is 2.33. The average molecular weight is 467 g/mol. The van der Waals surface area contributed by atoms with Gasteiger partial charge in [-0.15, -0.1) is 0 Å². The van der Waals surface area contributed by atoms with Crippen LogP contribution in [-0.4, -0.2) is 27.4 Å². The van der Waals surface area contributed by atoms with Gasteiger partial charge < -0.3 is 10.1 Å². The van der Waals surface area contributed by atoms with Gasteiger partial charge in [-0.2, -0.15) is 0 Å². The Labute approximate surface area is 184 Å². The van der Waals surface area contributed by atoms with Crippen LogP contribution in [0.25, 0.3) is 0 Å². The third kappa shape index (κ3) is 5.68. The molecule has 13 heteroatoms. The Morgan fingerprint density at radius 1 is 1.16 bits per heavy atom. The molecule has 0 spiro atoms. The van der Waals surface area contributed by atoms with Crippen LogP contribution in [-0.2, 0) is 4.79 Å². The van der Waals surface area contributed by atoms with Crippen molar-refractivity contribution in [2.75, 3.05) is 17.3 Å². The highest BCUT2D eigenvalue weighted by Gasteiger charge is 2.24. The summed E-state index contributed by atoms with van der Waals surface area (Å²) >= 11 is 11.7. The standard InChI is InChI=1S/C18H13Cl2FN6O4/c19-10-5-6-14(11(20)7-10)31-8-15(28)25-26-18-16(27(29)30)17(22-9-23-18)24-13-4-2-1-3-12(13)21/h1-7,9H,8H2,(H,25,28)(H2,22,23,24,26). The Morgan fingerprint density at radius 2 is 1.90 bits per heavy atom. The van der Waals surface area contributed by atoms with Crippen molar-refractivity contribution in [1.82, 2.24) is 15.4 Å². The molecule has 0 aliphatic heterocycles. The molecule has 0 saturated carbocycles. The van der Waals surface area contributed by atoms with Gasteiger partial charge in [0.15, 0.2) is 6.61 Å². The maximum Gasteiger partial charge on any atom is 0.355 e. The summed E-state index contributed by atoms with van der Waals surface area (Å²) in [6.45, 7) is -0.451. The second-order valence-corrected chi connectivity index (χ2v) is 6.66. The Bertz CT molecular complexity index is 1130. The van der Waals surface area contributed by atoms with E-state index in [-0.39, 0.29) is 28.1 Å². The summed E-state index contributed by atoms with van der Waals surface area (Å²) in [5.41, 5.74) is 3.93. The third-order valence-electron chi connectivity index (χ3n) is 3.70. The fourth-order valence-corrected chi connectivity index (χ4v) is 2.79. The summed E-state index contributed by atoms with van der Waals surface area (Å²) in [6, 6.07) is 10.1. The van der Waals surface area contributed by atoms with E-state index in [1.165, 1.54) is 36.4 Å². The Morgan fingerprint density at radius 3 is 2.61 bits per heavy atom. The number of para-hydroxylation sites is 1. The number of hydrazine groups is 1. The van der Waals surface area contributed by atoms with Crippen LogP contribution < -0.4 is 20.9 Å². The first kappa shape index (κ1) is 22.0. The number of aromatic nitrogens is 2. The number of rotatable bonds is 8. The summed E-state index contributed by atoms with van der Waals surface area (Å²) in [5.74, 6) is -1.67. The average Bonchev–Trinajstić information content (AvgIpc) is 2.73. The number of nitro groups is 1. The topological polar surface area (TPSA) is 131 Å². The number of carbonyl (C=O) groups is 1. The molecule has 1 aromatic heterocycles. The van der Waals surface area contributed by atoms with E-state index >= 15 is 0 Å². The lowest BCUT2D eigenvalue weighted by Gasteiger charge is -2.12. The van der Waals surface area contributed by atoms with Gasteiger partial charge in [-0.3, -0.25) is 25.8 Å². The van der Waals surface area contributed by atoms with Gasteiger partial charge in [-0.25, -0.2) is 14.4 Å². The van der Waals surface area contributed by atoms with Crippen molar-refractivity contribution in [2.24, 2.45) is 0 Å². The highest BCUT2D eigenvalue weighted by Crippen LogP contribution is 2.31. The predicted molar refractivity (Wildman–Crippen MR) is 112 cm³/mol. The first-order chi connectivity index (χ1) is 14.8. The lowest BCUT2D eigenvalue weighted by atomic mass is 10.3. The van der Waals surface area contributed by atoms with Crippen molar-refractivity contribution >= 4 is 52.1 Å². The number of hydrogen-bond donors (Lipinski definition) is 3. The first-order valence-electron chi connectivity index (χ1n) is 8.49. The Kier molecular flexibility index (Phi) is 7.00. The number of nitrogens with one attached hydrogen (secondary N) is 3. The van der Waals surface area contributed by atoms with Gasteiger partial charge in [0.05, 0.1) is 15.6 Å². The van der Waals surface area contributed by atoms with Crippen LogP contribution >= 0.6 is 23.2 Å². The number of amides is 1. The molecule has 0 fully saturated rings. The van der Waals surface area contributed by atoms with Crippen molar-refractivity contribution in [3.8, 4) is 5.75 Å². The summed E-state index contributed by atoms with van der Waals surface area (Å²) in [5, 5.41) is 14.7. The fraction of sp³-hybridized carbons (Fsp3) is 0.0556. The molecule has 1 heterocycles. The van der Waals surface area contributed by atoms with Crippen molar-refractivity contribution in [3.05, 3.63) is 74.8 Å². The van der Waals surface area contributed by atoms with Crippen LogP contribution in [0.5, 0.6) is 5.75 Å². The maximum absolute atomic E-state index is 13.9. The van der Waals surface area contributed by atoms with Crippen molar-refractivity contribution in [3.63, 3.8) is 0 Å². The molecule has 3 aromatic rings. The number of ether oxygens (including phenoxy) is 1. The molecule has 0 unspecified atom stereocenters. The molecule has 0 atom stereocenters. The number of carbonyl (C=O) groups excluding carboxylic acids is 1. The third-order valence-corrected chi connectivity index (χ3v) is 4.24. The monoisotopic (exact) mass is 466 g/mol. The molecule has 3 N–H and O–H groups in total. The van der Waals surface area contributed by atoms with Crippen LogP contribution in [0.15, 0.2) is 48.8 Å². The molecule has 31 heavy (non-hydrogen) atoms. The van der Waals surface area contributed by atoms with E-state index in [9.17, 15) is 19.3 Å². The first-order valence-corrected chi connectivity index (χ1v) is 9.24. The molecule has 1 amide bonds. The van der Waals surface area contributed by atoms with E-state index < -0.39 is 28.9 Å². The smallest absolute Gasteiger partial charge is 0.355 e. The quantitative estimate of drug-likeness (QED) is 0.334. The summed E-state index contributed by atoms with van der Waals surface area (Å²) in [4.78, 5) is 30.3. The van der Waals surface area contributed by atoms with E-state index in [2.05, 4.69) is 26.1 Å². The normalized spacial score (nSPS) is 10.3. The molecule has 160 valence electrons. The lowest BCUT2D eigenvalue weighted by Crippen LogP contribution is -2.34. The Hall–Kier alpha value is -3.70. The predicted octanol–water partition coefficient (Wildman–Crippen LogP) is 4.10. The summed E-state index contributed by atoms with van der Waals surface area (Å²) in [7, 11) is 0. The zero-order chi connectivity index (χ0) is 22.4. The molecular formula is C18H13Cl2FN6O4. The second kappa shape index (κ2) is 9.87.